The molecule has 0 radical (unpaired) electrons. The molecule has 0 bridgehead atoms. The van der Waals surface area contributed by atoms with Crippen molar-refractivity contribution >= 4 is 23.0 Å². The van der Waals surface area contributed by atoms with Crippen LogP contribution in [0.2, 0.25) is 0 Å². The SMILES string of the molecule is O=C(NCCn1nnc2ccccc21)Nc1ncn[nH]1. The monoisotopic (exact) mass is 272 g/mol. The molecule has 9 nitrogen and oxygen atoms in total. The number of nitrogens with one attached hydrogen (secondary N) is 3. The van der Waals surface area contributed by atoms with Gasteiger partial charge in [0.15, 0.2) is 0 Å². The van der Waals surface area contributed by atoms with Crippen LogP contribution in [0.3, 0.4) is 0 Å². The van der Waals surface area contributed by atoms with E-state index in [-0.39, 0.29) is 6.03 Å². The highest BCUT2D eigenvalue weighted by Gasteiger charge is 2.05. The summed E-state index contributed by atoms with van der Waals surface area (Å²) in [6.07, 6.45) is 1.32. The second kappa shape index (κ2) is 5.34. The number of rotatable bonds is 4. The number of amides is 2. The number of nitrogens with zero attached hydrogens (tertiary/aromatic N) is 5. The zero-order valence-electron chi connectivity index (χ0n) is 10.4. The van der Waals surface area contributed by atoms with Gasteiger partial charge in [-0.25, -0.2) is 14.6 Å². The Labute approximate surface area is 113 Å². The number of anilines is 1. The van der Waals surface area contributed by atoms with Gasteiger partial charge < -0.3 is 5.32 Å². The van der Waals surface area contributed by atoms with Gasteiger partial charge in [0.25, 0.3) is 0 Å². The molecule has 0 fully saturated rings. The van der Waals surface area contributed by atoms with Crippen LogP contribution < -0.4 is 10.6 Å². The van der Waals surface area contributed by atoms with Gasteiger partial charge in [-0.15, -0.1) is 5.10 Å². The number of aromatic amines is 1. The Balaban J connectivity index is 1.53. The standard InChI is InChI=1S/C11H12N8O/c20-11(15-10-13-7-14-17-10)12-5-6-19-9-4-2-1-3-8(9)16-18-19/h1-4,7H,5-6H2,(H3,12,13,14,15,17,20). The minimum absolute atomic E-state index is 0.300. The summed E-state index contributed by atoms with van der Waals surface area (Å²) in [5, 5.41) is 19.4. The fraction of sp³-hybridized carbons (Fsp3) is 0.182. The average Bonchev–Trinajstić information content (AvgIpc) is 3.09. The lowest BCUT2D eigenvalue weighted by Crippen LogP contribution is -2.32. The van der Waals surface area contributed by atoms with Gasteiger partial charge in [0.05, 0.1) is 12.1 Å². The van der Waals surface area contributed by atoms with Crippen LogP contribution in [0.4, 0.5) is 10.7 Å². The second-order valence-corrected chi connectivity index (χ2v) is 4.02. The molecule has 0 spiro atoms. The number of carbonyl (C=O) groups is 1. The Morgan fingerprint density at radius 3 is 3.10 bits per heavy atom. The molecule has 9 heteroatoms. The molecule has 2 amide bonds. The summed E-state index contributed by atoms with van der Waals surface area (Å²) in [4.78, 5) is 15.3. The Morgan fingerprint density at radius 2 is 2.25 bits per heavy atom. The van der Waals surface area contributed by atoms with Crippen LogP contribution in [0.15, 0.2) is 30.6 Å². The minimum atomic E-state index is -0.355. The van der Waals surface area contributed by atoms with Crippen LogP contribution in [-0.2, 0) is 6.54 Å². The van der Waals surface area contributed by atoms with Crippen molar-refractivity contribution in [3.63, 3.8) is 0 Å². The summed E-state index contributed by atoms with van der Waals surface area (Å²) >= 11 is 0. The van der Waals surface area contributed by atoms with E-state index in [1.165, 1.54) is 6.33 Å². The topological polar surface area (TPSA) is 113 Å². The molecular formula is C11H12N8O. The molecule has 0 aliphatic carbocycles. The van der Waals surface area contributed by atoms with Crippen LogP contribution in [0.5, 0.6) is 0 Å². The van der Waals surface area contributed by atoms with Crippen molar-refractivity contribution in [2.24, 2.45) is 0 Å². The maximum atomic E-state index is 11.5. The van der Waals surface area contributed by atoms with E-state index in [1.54, 1.807) is 4.68 Å². The van der Waals surface area contributed by atoms with Crippen LogP contribution in [0.25, 0.3) is 11.0 Å². The van der Waals surface area contributed by atoms with Gasteiger partial charge in [-0.1, -0.05) is 17.3 Å². The summed E-state index contributed by atoms with van der Waals surface area (Å²) in [6.45, 7) is 0.956. The number of hydrogen-bond acceptors (Lipinski definition) is 5. The molecule has 0 aliphatic heterocycles. The minimum Gasteiger partial charge on any atom is -0.336 e. The predicted octanol–water partition coefficient (Wildman–Crippen LogP) is 0.371. The van der Waals surface area contributed by atoms with Crippen molar-refractivity contribution in [1.82, 2.24) is 35.5 Å². The third-order valence-electron chi connectivity index (χ3n) is 2.68. The quantitative estimate of drug-likeness (QED) is 0.635. The van der Waals surface area contributed by atoms with E-state index < -0.39 is 0 Å². The molecule has 102 valence electrons. The van der Waals surface area contributed by atoms with Crippen molar-refractivity contribution in [3.8, 4) is 0 Å². The Hall–Kier alpha value is -2.97. The fourth-order valence-corrected chi connectivity index (χ4v) is 1.78. The number of para-hydroxylation sites is 1. The molecule has 20 heavy (non-hydrogen) atoms. The fourth-order valence-electron chi connectivity index (χ4n) is 1.78. The number of urea groups is 1. The number of aromatic nitrogens is 6. The van der Waals surface area contributed by atoms with Crippen LogP contribution in [0, 0.1) is 0 Å². The van der Waals surface area contributed by atoms with E-state index >= 15 is 0 Å². The molecule has 2 heterocycles. The van der Waals surface area contributed by atoms with Crippen molar-refractivity contribution in [3.05, 3.63) is 30.6 Å². The molecule has 0 unspecified atom stereocenters. The molecule has 2 aromatic heterocycles. The van der Waals surface area contributed by atoms with Gasteiger partial charge in [-0.2, -0.15) is 10.1 Å². The second-order valence-electron chi connectivity index (χ2n) is 4.02. The summed E-state index contributed by atoms with van der Waals surface area (Å²) < 4.78 is 1.74. The Bertz CT molecular complexity index is 704. The average molecular weight is 272 g/mol. The number of benzene rings is 1. The van der Waals surface area contributed by atoms with E-state index in [2.05, 4.69) is 36.1 Å². The van der Waals surface area contributed by atoms with Crippen molar-refractivity contribution in [2.75, 3.05) is 11.9 Å². The lowest BCUT2D eigenvalue weighted by Gasteiger charge is -2.05. The largest absolute Gasteiger partial charge is 0.336 e. The van der Waals surface area contributed by atoms with Crippen molar-refractivity contribution in [1.29, 1.82) is 0 Å². The zero-order valence-corrected chi connectivity index (χ0v) is 10.4. The molecule has 3 rings (SSSR count). The van der Waals surface area contributed by atoms with Gasteiger partial charge in [-0.3, -0.25) is 5.32 Å². The maximum absolute atomic E-state index is 11.5. The van der Waals surface area contributed by atoms with E-state index in [0.717, 1.165) is 11.0 Å². The van der Waals surface area contributed by atoms with E-state index in [9.17, 15) is 4.79 Å². The number of fused-ring (bicyclic) bond motifs is 1. The molecule has 0 saturated carbocycles. The predicted molar refractivity (Wildman–Crippen MR) is 70.9 cm³/mol. The van der Waals surface area contributed by atoms with E-state index in [1.807, 2.05) is 24.3 Å². The summed E-state index contributed by atoms with van der Waals surface area (Å²) in [5.41, 5.74) is 1.77. The first-order valence-corrected chi connectivity index (χ1v) is 6.01. The van der Waals surface area contributed by atoms with Crippen LogP contribution >= 0.6 is 0 Å². The molecule has 0 saturated heterocycles. The van der Waals surface area contributed by atoms with Crippen molar-refractivity contribution < 1.29 is 4.79 Å². The molecule has 3 N–H and O–H groups in total. The lowest BCUT2D eigenvalue weighted by molar-refractivity contribution is 0.251. The Morgan fingerprint density at radius 1 is 1.35 bits per heavy atom. The first kappa shape index (κ1) is 12.1. The van der Waals surface area contributed by atoms with E-state index in [4.69, 9.17) is 0 Å². The zero-order chi connectivity index (χ0) is 13.8. The van der Waals surface area contributed by atoms with Gasteiger partial charge in [-0.05, 0) is 12.1 Å². The Kier molecular flexibility index (Phi) is 3.23. The highest BCUT2D eigenvalue weighted by molar-refractivity contribution is 5.87. The number of carbonyl (C=O) groups excluding carboxylic acids is 1. The molecule has 0 aliphatic rings. The van der Waals surface area contributed by atoms with Gasteiger partial charge in [0.1, 0.15) is 11.8 Å². The lowest BCUT2D eigenvalue weighted by atomic mass is 10.3. The highest BCUT2D eigenvalue weighted by atomic mass is 16.2. The summed E-state index contributed by atoms with van der Waals surface area (Å²) in [7, 11) is 0. The van der Waals surface area contributed by atoms with Gasteiger partial charge in [0.2, 0.25) is 5.95 Å². The highest BCUT2D eigenvalue weighted by Crippen LogP contribution is 2.08. The third-order valence-corrected chi connectivity index (χ3v) is 2.68. The summed E-state index contributed by atoms with van der Waals surface area (Å²) in [5.74, 6) is 0.300. The molecular weight excluding hydrogens is 260 g/mol. The normalized spacial score (nSPS) is 10.6. The van der Waals surface area contributed by atoms with Gasteiger partial charge in [0, 0.05) is 6.54 Å². The molecule has 3 aromatic rings. The molecule has 0 atom stereocenters. The maximum Gasteiger partial charge on any atom is 0.321 e. The van der Waals surface area contributed by atoms with Crippen LogP contribution in [0.1, 0.15) is 0 Å². The van der Waals surface area contributed by atoms with Crippen molar-refractivity contribution in [2.45, 2.75) is 6.54 Å². The van der Waals surface area contributed by atoms with Crippen LogP contribution in [-0.4, -0.2) is 42.8 Å². The number of H-pyrrole nitrogens is 1. The smallest absolute Gasteiger partial charge is 0.321 e. The van der Waals surface area contributed by atoms with Gasteiger partial charge >= 0.3 is 6.03 Å². The first-order chi connectivity index (χ1) is 9.83. The number of hydrogen-bond donors (Lipinski definition) is 3. The third kappa shape index (κ3) is 2.55. The van der Waals surface area contributed by atoms with E-state index in [0.29, 0.717) is 19.0 Å². The first-order valence-electron chi connectivity index (χ1n) is 6.01. The summed E-state index contributed by atoms with van der Waals surface area (Å²) in [6, 6.07) is 7.30. The molecule has 1 aromatic carbocycles.